The summed E-state index contributed by atoms with van der Waals surface area (Å²) in [4.78, 5) is 14.2. The minimum atomic E-state index is -2.97. The summed E-state index contributed by atoms with van der Waals surface area (Å²) < 4.78 is 40.2. The van der Waals surface area contributed by atoms with Gasteiger partial charge in [-0.15, -0.1) is 0 Å². The molecule has 0 spiro atoms. The molecule has 1 saturated heterocycles. The zero-order chi connectivity index (χ0) is 21.0. The molecular formula is C20H18F2N2O4S. The maximum Gasteiger partial charge on any atom is 0.387 e. The van der Waals surface area contributed by atoms with Gasteiger partial charge in [-0.2, -0.15) is 8.78 Å². The van der Waals surface area contributed by atoms with E-state index in [1.54, 1.807) is 37.3 Å². The maximum absolute atomic E-state index is 12.9. The van der Waals surface area contributed by atoms with Crippen molar-refractivity contribution >= 4 is 35.0 Å². The molecule has 0 aliphatic carbocycles. The van der Waals surface area contributed by atoms with Crippen LogP contribution in [0, 0.1) is 0 Å². The van der Waals surface area contributed by atoms with Crippen molar-refractivity contribution < 1.29 is 27.8 Å². The van der Waals surface area contributed by atoms with E-state index in [9.17, 15) is 13.6 Å². The van der Waals surface area contributed by atoms with Gasteiger partial charge in [0.15, 0.2) is 16.6 Å². The number of ether oxygens (including phenoxy) is 3. The van der Waals surface area contributed by atoms with Gasteiger partial charge < -0.3 is 19.5 Å². The predicted molar refractivity (Wildman–Crippen MR) is 108 cm³/mol. The van der Waals surface area contributed by atoms with Crippen molar-refractivity contribution in [3.05, 3.63) is 53.7 Å². The van der Waals surface area contributed by atoms with Gasteiger partial charge >= 0.3 is 6.61 Å². The van der Waals surface area contributed by atoms with E-state index >= 15 is 0 Å². The molecule has 1 fully saturated rings. The highest BCUT2D eigenvalue weighted by atomic mass is 32.1. The predicted octanol–water partition coefficient (Wildman–Crippen LogP) is 3.96. The lowest BCUT2D eigenvalue weighted by atomic mass is 10.1. The molecule has 0 bridgehead atoms. The highest BCUT2D eigenvalue weighted by Crippen LogP contribution is 2.33. The second-order valence-corrected chi connectivity index (χ2v) is 6.20. The molecule has 6 nitrogen and oxygen atoms in total. The van der Waals surface area contributed by atoms with Crippen LogP contribution in [0.2, 0.25) is 0 Å². The van der Waals surface area contributed by atoms with Crippen molar-refractivity contribution in [2.75, 3.05) is 18.6 Å². The summed E-state index contributed by atoms with van der Waals surface area (Å²) in [5, 5.41) is 3.07. The van der Waals surface area contributed by atoms with Gasteiger partial charge in [-0.3, -0.25) is 4.79 Å². The highest BCUT2D eigenvalue weighted by molar-refractivity contribution is 7.80. The summed E-state index contributed by atoms with van der Waals surface area (Å²) >= 11 is 5.31. The molecular weight excluding hydrogens is 402 g/mol. The molecule has 0 aromatic heterocycles. The number of anilines is 1. The van der Waals surface area contributed by atoms with Crippen LogP contribution in [0.15, 0.2) is 48.2 Å². The minimum absolute atomic E-state index is 0.0825. The van der Waals surface area contributed by atoms with Crippen LogP contribution in [0.25, 0.3) is 6.08 Å². The topological polar surface area (TPSA) is 60.0 Å². The zero-order valence-corrected chi connectivity index (χ0v) is 16.5. The Hall–Kier alpha value is -3.20. The molecule has 1 amide bonds. The third kappa shape index (κ3) is 4.45. The van der Waals surface area contributed by atoms with Gasteiger partial charge in [0.05, 0.1) is 19.4 Å². The summed E-state index contributed by atoms with van der Waals surface area (Å²) in [7, 11) is 1.50. The first-order valence-corrected chi connectivity index (χ1v) is 9.07. The van der Waals surface area contributed by atoms with Gasteiger partial charge in [-0.05, 0) is 55.0 Å². The van der Waals surface area contributed by atoms with Gasteiger partial charge in [0.2, 0.25) is 0 Å². The Labute approximate surface area is 171 Å². The molecule has 1 heterocycles. The van der Waals surface area contributed by atoms with E-state index in [0.717, 1.165) is 0 Å². The Balaban J connectivity index is 1.92. The number of methoxy groups -OCH3 is 1. The molecule has 9 heteroatoms. The van der Waals surface area contributed by atoms with Crippen molar-refractivity contribution in [3.8, 4) is 17.2 Å². The number of hydrogen-bond acceptors (Lipinski definition) is 5. The number of para-hydroxylation sites is 2. The minimum Gasteiger partial charge on any atom is -0.495 e. The van der Waals surface area contributed by atoms with E-state index in [1.807, 2.05) is 0 Å². The number of carbonyl (C=O) groups is 1. The molecule has 1 N–H and O–H groups in total. The van der Waals surface area contributed by atoms with Crippen LogP contribution < -0.4 is 24.4 Å². The average molecular weight is 420 g/mol. The number of nitrogens with zero attached hydrogens (tertiary/aromatic N) is 1. The molecule has 0 saturated carbocycles. The Morgan fingerprint density at radius 1 is 1.17 bits per heavy atom. The van der Waals surface area contributed by atoms with E-state index in [-0.39, 0.29) is 34.8 Å². The molecule has 29 heavy (non-hydrogen) atoms. The molecule has 0 radical (unpaired) electrons. The normalized spacial score (nSPS) is 15.1. The van der Waals surface area contributed by atoms with Crippen LogP contribution in [0.4, 0.5) is 14.5 Å². The summed E-state index contributed by atoms with van der Waals surface area (Å²) in [5.41, 5.74) is 1.29. The van der Waals surface area contributed by atoms with Gasteiger partial charge in [0.1, 0.15) is 11.4 Å². The molecule has 2 aromatic rings. The number of rotatable bonds is 7. The van der Waals surface area contributed by atoms with Crippen LogP contribution in [0.5, 0.6) is 17.2 Å². The first-order valence-electron chi connectivity index (χ1n) is 8.66. The number of hydrogen-bond donors (Lipinski definition) is 1. The van der Waals surface area contributed by atoms with Gasteiger partial charge in [-0.25, -0.2) is 4.90 Å². The first kappa shape index (κ1) is 20.5. The zero-order valence-electron chi connectivity index (χ0n) is 15.6. The summed E-state index contributed by atoms with van der Waals surface area (Å²) in [6.45, 7) is -0.978. The highest BCUT2D eigenvalue weighted by Gasteiger charge is 2.33. The van der Waals surface area contributed by atoms with Crippen molar-refractivity contribution in [3.63, 3.8) is 0 Å². The fourth-order valence-corrected chi connectivity index (χ4v) is 3.10. The number of amides is 1. The van der Waals surface area contributed by atoms with Crippen molar-refractivity contribution in [1.29, 1.82) is 0 Å². The molecule has 152 valence electrons. The molecule has 1 aliphatic rings. The number of halogens is 2. The van der Waals surface area contributed by atoms with Gasteiger partial charge in [0.25, 0.3) is 5.91 Å². The fourth-order valence-electron chi connectivity index (χ4n) is 2.81. The monoisotopic (exact) mass is 420 g/mol. The van der Waals surface area contributed by atoms with Crippen LogP contribution in [0.1, 0.15) is 12.5 Å². The van der Waals surface area contributed by atoms with E-state index < -0.39 is 6.61 Å². The summed E-state index contributed by atoms with van der Waals surface area (Å²) in [5.74, 6) is 0.196. The second-order valence-electron chi connectivity index (χ2n) is 5.82. The van der Waals surface area contributed by atoms with Crippen molar-refractivity contribution in [2.24, 2.45) is 0 Å². The number of thiocarbonyl (C=S) groups is 1. The first-order chi connectivity index (χ1) is 13.9. The smallest absolute Gasteiger partial charge is 0.387 e. The molecule has 2 aromatic carbocycles. The van der Waals surface area contributed by atoms with Crippen LogP contribution in [-0.2, 0) is 4.79 Å². The number of alkyl halides is 2. The molecule has 3 rings (SSSR count). The molecule has 1 aliphatic heterocycles. The van der Waals surface area contributed by atoms with Crippen molar-refractivity contribution in [2.45, 2.75) is 13.5 Å². The van der Waals surface area contributed by atoms with Crippen molar-refractivity contribution in [1.82, 2.24) is 5.32 Å². The Morgan fingerprint density at radius 2 is 1.93 bits per heavy atom. The van der Waals surface area contributed by atoms with E-state index in [0.29, 0.717) is 17.0 Å². The lowest BCUT2D eigenvalue weighted by Crippen LogP contribution is -2.30. The SMILES string of the molecule is CCOc1cc(/C=C2\NC(=S)N(c3ccccc3OC)C2=O)ccc1OC(F)F. The molecule has 0 atom stereocenters. The van der Waals surface area contributed by atoms with Crippen LogP contribution in [-0.4, -0.2) is 31.3 Å². The fraction of sp³-hybridized carbons (Fsp3) is 0.200. The van der Waals surface area contributed by atoms with Crippen LogP contribution in [0.3, 0.4) is 0 Å². The van der Waals surface area contributed by atoms with E-state index in [1.165, 1.54) is 30.2 Å². The quantitative estimate of drug-likeness (QED) is 0.541. The number of nitrogens with one attached hydrogen (secondary N) is 1. The lowest BCUT2D eigenvalue weighted by molar-refractivity contribution is -0.113. The second kappa shape index (κ2) is 8.87. The van der Waals surface area contributed by atoms with E-state index in [2.05, 4.69) is 10.1 Å². The Kier molecular flexibility index (Phi) is 6.28. The Bertz CT molecular complexity index is 965. The number of benzene rings is 2. The van der Waals surface area contributed by atoms with Gasteiger partial charge in [-0.1, -0.05) is 18.2 Å². The summed E-state index contributed by atoms with van der Waals surface area (Å²) in [6, 6.07) is 11.4. The standard InChI is InChI=1S/C20H18F2N2O4S/c1-3-27-17-11-12(8-9-16(17)28-19(21)22)10-13-18(25)24(20(29)23-13)14-6-4-5-7-15(14)26-2/h4-11,19H,3H2,1-2H3,(H,23,29)/b13-10-. The lowest BCUT2D eigenvalue weighted by Gasteiger charge is -2.17. The largest absolute Gasteiger partial charge is 0.495 e. The Morgan fingerprint density at radius 3 is 2.62 bits per heavy atom. The van der Waals surface area contributed by atoms with Gasteiger partial charge in [0, 0.05) is 0 Å². The molecule has 0 unspecified atom stereocenters. The third-order valence-corrected chi connectivity index (χ3v) is 4.28. The van der Waals surface area contributed by atoms with Crippen LogP contribution >= 0.6 is 12.2 Å². The number of carbonyl (C=O) groups excluding carboxylic acids is 1. The summed E-state index contributed by atoms with van der Waals surface area (Å²) in [6.07, 6.45) is 1.55. The maximum atomic E-state index is 12.9. The average Bonchev–Trinajstić information content (AvgIpc) is 2.96. The van der Waals surface area contributed by atoms with E-state index in [4.69, 9.17) is 21.7 Å². The third-order valence-electron chi connectivity index (χ3n) is 4.00.